The Labute approximate surface area is 467 Å². The van der Waals surface area contributed by atoms with Gasteiger partial charge in [0.2, 0.25) is 5.91 Å². The standard InChI is InChI=1S/C66H129N2O6P/c1-6-8-10-12-14-16-18-20-22-24-26-27-28-29-30-31-32-33-34-35-36-37-38-39-40-41-42-44-46-48-50-52-54-56-58-60-66(70)67-64(63-74-75(71,72)73-62-61-68(3,4)5)65(69)59-57-55-53-51-49-47-45-43-25-23-21-19-17-15-13-11-9-7-2/h18,20,24,26,57,59,64-65,69H,6-17,19,21-23,25,27-56,58,60-63H2,1-5H3,(H-,67,70,71,72)/b20-18-,26-24-,59-57+. The molecule has 0 aliphatic heterocycles. The van der Waals surface area contributed by atoms with Gasteiger partial charge in [-0.2, -0.15) is 0 Å². The molecule has 0 bridgehead atoms. The molecule has 3 unspecified atom stereocenters. The number of hydrogen-bond donors (Lipinski definition) is 2. The van der Waals surface area contributed by atoms with Crippen molar-refractivity contribution in [3.63, 3.8) is 0 Å². The van der Waals surface area contributed by atoms with Crippen molar-refractivity contribution in [2.24, 2.45) is 0 Å². The fraction of sp³-hybridized carbons (Fsp3) is 0.894. The minimum absolute atomic E-state index is 0.00125. The van der Waals surface area contributed by atoms with Gasteiger partial charge in [-0.3, -0.25) is 9.36 Å². The molecule has 8 nitrogen and oxygen atoms in total. The number of quaternary nitrogens is 1. The maximum absolute atomic E-state index is 13.0. The molecule has 1 amide bonds. The fourth-order valence-electron chi connectivity index (χ4n) is 9.95. The molecule has 0 rings (SSSR count). The molecule has 75 heavy (non-hydrogen) atoms. The Morgan fingerprint density at radius 3 is 1.11 bits per heavy atom. The second-order valence-electron chi connectivity index (χ2n) is 23.8. The number of nitrogens with one attached hydrogen (secondary N) is 1. The first-order chi connectivity index (χ1) is 36.5. The molecule has 0 aliphatic rings. The van der Waals surface area contributed by atoms with E-state index in [1.54, 1.807) is 6.08 Å². The van der Waals surface area contributed by atoms with E-state index >= 15 is 0 Å². The number of phosphoric ester groups is 1. The average Bonchev–Trinajstić information content (AvgIpc) is 3.37. The van der Waals surface area contributed by atoms with Crippen LogP contribution >= 0.6 is 7.82 Å². The van der Waals surface area contributed by atoms with E-state index in [9.17, 15) is 19.4 Å². The van der Waals surface area contributed by atoms with E-state index in [2.05, 4.69) is 43.5 Å². The summed E-state index contributed by atoms with van der Waals surface area (Å²) in [7, 11) is 1.28. The zero-order valence-electron chi connectivity index (χ0n) is 50.8. The number of unbranched alkanes of at least 4 members (excludes halogenated alkanes) is 44. The average molecular weight is 1080 g/mol. The van der Waals surface area contributed by atoms with Crippen molar-refractivity contribution in [2.75, 3.05) is 40.9 Å². The predicted molar refractivity (Wildman–Crippen MR) is 325 cm³/mol. The molecule has 0 aromatic rings. The number of nitrogens with zero attached hydrogens (tertiary/aromatic N) is 1. The summed E-state index contributed by atoms with van der Waals surface area (Å²) in [5.41, 5.74) is 0. The van der Waals surface area contributed by atoms with E-state index < -0.39 is 20.0 Å². The number of carbonyl (C=O) groups excluding carboxylic acids is 1. The lowest BCUT2D eigenvalue weighted by Gasteiger charge is -2.29. The quantitative estimate of drug-likeness (QED) is 0.0272. The van der Waals surface area contributed by atoms with Gasteiger partial charge in [0.05, 0.1) is 39.9 Å². The summed E-state index contributed by atoms with van der Waals surface area (Å²) < 4.78 is 23.4. The monoisotopic (exact) mass is 1080 g/mol. The summed E-state index contributed by atoms with van der Waals surface area (Å²) in [6, 6.07) is -0.885. The Balaban J connectivity index is 3.98. The van der Waals surface area contributed by atoms with Crippen molar-refractivity contribution >= 4 is 13.7 Å². The van der Waals surface area contributed by atoms with E-state index in [4.69, 9.17) is 9.05 Å². The van der Waals surface area contributed by atoms with E-state index in [1.165, 1.54) is 263 Å². The summed E-state index contributed by atoms with van der Waals surface area (Å²) in [5.74, 6) is -0.191. The molecule has 0 radical (unpaired) electrons. The van der Waals surface area contributed by atoms with Gasteiger partial charge in [-0.25, -0.2) is 0 Å². The van der Waals surface area contributed by atoms with Crippen LogP contribution in [-0.2, 0) is 18.4 Å². The first-order valence-electron chi connectivity index (χ1n) is 32.9. The number of rotatable bonds is 61. The summed E-state index contributed by atoms with van der Waals surface area (Å²) in [6.07, 6.45) is 75.4. The minimum atomic E-state index is -4.60. The Morgan fingerprint density at radius 2 is 0.773 bits per heavy atom. The van der Waals surface area contributed by atoms with Crippen LogP contribution in [0.2, 0.25) is 0 Å². The van der Waals surface area contributed by atoms with Crippen LogP contribution in [0.25, 0.3) is 0 Å². The second-order valence-corrected chi connectivity index (χ2v) is 25.2. The highest BCUT2D eigenvalue weighted by Crippen LogP contribution is 2.38. The Kier molecular flexibility index (Phi) is 56.4. The lowest BCUT2D eigenvalue weighted by Crippen LogP contribution is -2.45. The van der Waals surface area contributed by atoms with Crippen molar-refractivity contribution in [1.29, 1.82) is 0 Å². The van der Waals surface area contributed by atoms with E-state index in [-0.39, 0.29) is 19.1 Å². The molecule has 0 aromatic carbocycles. The van der Waals surface area contributed by atoms with Crippen LogP contribution in [0.15, 0.2) is 36.5 Å². The number of phosphoric acid groups is 1. The van der Waals surface area contributed by atoms with Crippen molar-refractivity contribution < 1.29 is 32.9 Å². The zero-order chi connectivity index (χ0) is 54.9. The molecule has 0 saturated heterocycles. The van der Waals surface area contributed by atoms with Crippen molar-refractivity contribution in [2.45, 2.75) is 341 Å². The molecule has 444 valence electrons. The van der Waals surface area contributed by atoms with Gasteiger partial charge in [0.1, 0.15) is 13.2 Å². The van der Waals surface area contributed by atoms with Gasteiger partial charge in [-0.05, 0) is 51.4 Å². The maximum Gasteiger partial charge on any atom is 0.268 e. The first kappa shape index (κ1) is 73.7. The smallest absolute Gasteiger partial charge is 0.268 e. The molecule has 9 heteroatoms. The summed E-state index contributed by atoms with van der Waals surface area (Å²) in [6.45, 7) is 4.68. The normalized spacial score (nSPS) is 14.0. The van der Waals surface area contributed by atoms with Crippen molar-refractivity contribution in [1.82, 2.24) is 5.32 Å². The molecule has 0 aliphatic carbocycles. The predicted octanol–water partition coefficient (Wildman–Crippen LogP) is 19.9. The largest absolute Gasteiger partial charge is 0.756 e. The number of likely N-dealkylation sites (N-methyl/N-ethyl adjacent to an activating group) is 1. The van der Waals surface area contributed by atoms with Gasteiger partial charge >= 0.3 is 0 Å². The molecule has 0 heterocycles. The minimum Gasteiger partial charge on any atom is -0.756 e. The van der Waals surface area contributed by atoms with Crippen LogP contribution in [-0.4, -0.2) is 68.5 Å². The lowest BCUT2D eigenvalue weighted by atomic mass is 10.0. The number of amides is 1. The summed E-state index contributed by atoms with van der Waals surface area (Å²) in [4.78, 5) is 25.6. The van der Waals surface area contributed by atoms with Gasteiger partial charge in [-0.1, -0.05) is 307 Å². The van der Waals surface area contributed by atoms with Crippen molar-refractivity contribution in [3.05, 3.63) is 36.5 Å². The van der Waals surface area contributed by atoms with E-state index in [0.717, 1.165) is 44.9 Å². The topological polar surface area (TPSA) is 108 Å². The van der Waals surface area contributed by atoms with Crippen LogP contribution in [0, 0.1) is 0 Å². The highest BCUT2D eigenvalue weighted by atomic mass is 31.2. The van der Waals surface area contributed by atoms with Gasteiger partial charge in [0.15, 0.2) is 0 Å². The Hall–Kier alpha value is -1.28. The highest BCUT2D eigenvalue weighted by Gasteiger charge is 2.23. The molecule has 3 atom stereocenters. The third kappa shape index (κ3) is 60.2. The number of hydrogen-bond acceptors (Lipinski definition) is 6. The van der Waals surface area contributed by atoms with Crippen LogP contribution < -0.4 is 10.2 Å². The van der Waals surface area contributed by atoms with Crippen LogP contribution in [0.1, 0.15) is 328 Å². The number of allylic oxidation sites excluding steroid dienone is 5. The molecule has 2 N–H and O–H groups in total. The highest BCUT2D eigenvalue weighted by molar-refractivity contribution is 7.45. The lowest BCUT2D eigenvalue weighted by molar-refractivity contribution is -0.870. The summed E-state index contributed by atoms with van der Waals surface area (Å²) in [5, 5.41) is 13.9. The second kappa shape index (κ2) is 57.4. The molecular formula is C66H129N2O6P. The SMILES string of the molecule is CCCCCCC/C=C\C/C=C\CCCCCCCCCCCCCCCCCCCCCCCCCC(=O)NC(COP(=O)([O-])OCC[N+](C)(C)C)C(O)/C=C/CCCCCCCCCCCCCCCCCC. The fourth-order valence-corrected chi connectivity index (χ4v) is 10.7. The van der Waals surface area contributed by atoms with E-state index in [1.807, 2.05) is 27.2 Å². The van der Waals surface area contributed by atoms with Crippen LogP contribution in [0.3, 0.4) is 0 Å². The summed E-state index contributed by atoms with van der Waals surface area (Å²) >= 11 is 0. The first-order valence-corrected chi connectivity index (χ1v) is 34.3. The third-order valence-electron chi connectivity index (χ3n) is 15.1. The Bertz CT molecular complexity index is 1320. The van der Waals surface area contributed by atoms with Crippen LogP contribution in [0.4, 0.5) is 0 Å². The van der Waals surface area contributed by atoms with Crippen LogP contribution in [0.5, 0.6) is 0 Å². The number of carbonyl (C=O) groups is 1. The Morgan fingerprint density at radius 1 is 0.467 bits per heavy atom. The zero-order valence-corrected chi connectivity index (χ0v) is 51.7. The number of aliphatic hydroxyl groups excluding tert-OH is 1. The molecule has 0 aromatic heterocycles. The van der Waals surface area contributed by atoms with Gasteiger partial charge in [-0.15, -0.1) is 0 Å². The van der Waals surface area contributed by atoms with E-state index in [0.29, 0.717) is 17.4 Å². The molecule has 0 saturated carbocycles. The van der Waals surface area contributed by atoms with Gasteiger partial charge in [0.25, 0.3) is 7.82 Å². The third-order valence-corrected chi connectivity index (χ3v) is 16.1. The molecule has 0 spiro atoms. The molecular weight excluding hydrogens is 948 g/mol. The van der Waals surface area contributed by atoms with Crippen molar-refractivity contribution in [3.8, 4) is 0 Å². The van der Waals surface area contributed by atoms with Gasteiger partial charge < -0.3 is 28.8 Å². The molecule has 0 fully saturated rings. The number of aliphatic hydroxyl groups is 1. The maximum atomic E-state index is 13.0. The van der Waals surface area contributed by atoms with Gasteiger partial charge in [0, 0.05) is 6.42 Å².